The molecule has 0 aliphatic carbocycles. The minimum atomic E-state index is -0.139. The molecular formula is C17H25ClN2O3. The lowest BCUT2D eigenvalue weighted by atomic mass is 10.1. The second-order valence-electron chi connectivity index (χ2n) is 5.91. The highest BCUT2D eigenvalue weighted by Gasteiger charge is 2.16. The van der Waals surface area contributed by atoms with E-state index in [0.717, 1.165) is 44.5 Å². The minimum Gasteiger partial charge on any atom is -0.497 e. The van der Waals surface area contributed by atoms with E-state index >= 15 is 0 Å². The van der Waals surface area contributed by atoms with Gasteiger partial charge in [-0.05, 0) is 43.5 Å². The zero-order valence-corrected chi connectivity index (χ0v) is 14.3. The number of aliphatic hydroxyl groups is 1. The normalized spacial score (nSPS) is 16.3. The summed E-state index contributed by atoms with van der Waals surface area (Å²) in [5.74, 6) is 0.664. The highest BCUT2D eigenvalue weighted by atomic mass is 35.5. The molecule has 0 atom stereocenters. The van der Waals surface area contributed by atoms with Crippen LogP contribution in [0, 0.1) is 0 Å². The number of methoxy groups -OCH3 is 1. The Bertz CT molecular complexity index is 517. The van der Waals surface area contributed by atoms with Gasteiger partial charge in [-0.3, -0.25) is 4.79 Å². The number of carbonyl (C=O) groups is 1. The van der Waals surface area contributed by atoms with Crippen molar-refractivity contribution in [3.05, 3.63) is 28.8 Å². The molecule has 1 fully saturated rings. The van der Waals surface area contributed by atoms with Crippen molar-refractivity contribution in [2.24, 2.45) is 0 Å². The number of amides is 1. The standard InChI is InChI=1S/C17H25ClN2O3/c1-23-15-4-3-13(16(18)12-15)11-17(22)19-7-2-8-20-9-5-14(21)6-10-20/h3-4,12,14,21H,2,5-11H2,1H3,(H,19,22). The maximum atomic E-state index is 12.0. The van der Waals surface area contributed by atoms with Gasteiger partial charge in [-0.25, -0.2) is 0 Å². The highest BCUT2D eigenvalue weighted by molar-refractivity contribution is 6.31. The Balaban J connectivity index is 1.65. The Labute approximate surface area is 142 Å². The van der Waals surface area contributed by atoms with Crippen LogP contribution in [0.4, 0.5) is 0 Å². The molecule has 1 aromatic rings. The molecule has 0 unspecified atom stereocenters. The average molecular weight is 341 g/mol. The monoisotopic (exact) mass is 340 g/mol. The first-order chi connectivity index (χ1) is 11.1. The summed E-state index contributed by atoms with van der Waals surface area (Å²) in [6, 6.07) is 5.34. The number of piperidine rings is 1. The first kappa shape index (κ1) is 18.0. The van der Waals surface area contributed by atoms with E-state index in [4.69, 9.17) is 16.3 Å². The summed E-state index contributed by atoms with van der Waals surface area (Å²) < 4.78 is 5.09. The lowest BCUT2D eigenvalue weighted by molar-refractivity contribution is -0.120. The fourth-order valence-corrected chi connectivity index (χ4v) is 2.94. The molecule has 23 heavy (non-hydrogen) atoms. The van der Waals surface area contributed by atoms with Crippen LogP contribution in [0.1, 0.15) is 24.8 Å². The number of hydrogen-bond acceptors (Lipinski definition) is 4. The number of halogens is 1. The van der Waals surface area contributed by atoms with E-state index in [1.807, 2.05) is 6.07 Å². The maximum Gasteiger partial charge on any atom is 0.224 e. The van der Waals surface area contributed by atoms with Gasteiger partial charge < -0.3 is 20.1 Å². The number of aliphatic hydroxyl groups excluding tert-OH is 1. The molecule has 0 spiro atoms. The van der Waals surface area contributed by atoms with Crippen LogP contribution >= 0.6 is 11.6 Å². The Morgan fingerprint density at radius 2 is 2.17 bits per heavy atom. The van der Waals surface area contributed by atoms with Crippen LogP contribution in [0.25, 0.3) is 0 Å². The summed E-state index contributed by atoms with van der Waals surface area (Å²) in [5.41, 5.74) is 0.801. The molecule has 1 aliphatic heterocycles. The zero-order chi connectivity index (χ0) is 16.7. The number of likely N-dealkylation sites (tertiary alicyclic amines) is 1. The van der Waals surface area contributed by atoms with Crippen molar-refractivity contribution in [2.75, 3.05) is 33.3 Å². The SMILES string of the molecule is COc1ccc(CC(=O)NCCCN2CCC(O)CC2)c(Cl)c1. The van der Waals surface area contributed by atoms with E-state index in [9.17, 15) is 9.90 Å². The molecule has 1 saturated heterocycles. The molecule has 128 valence electrons. The first-order valence-electron chi connectivity index (χ1n) is 8.08. The first-order valence-corrected chi connectivity index (χ1v) is 8.46. The summed E-state index contributed by atoms with van der Waals surface area (Å²) in [7, 11) is 1.58. The van der Waals surface area contributed by atoms with Crippen molar-refractivity contribution in [3.8, 4) is 5.75 Å². The molecule has 1 heterocycles. The number of hydrogen-bond donors (Lipinski definition) is 2. The molecular weight excluding hydrogens is 316 g/mol. The van der Waals surface area contributed by atoms with Gasteiger partial charge in [0.05, 0.1) is 19.6 Å². The third-order valence-electron chi connectivity index (χ3n) is 4.14. The molecule has 6 heteroatoms. The molecule has 5 nitrogen and oxygen atoms in total. The van der Waals surface area contributed by atoms with Crippen molar-refractivity contribution in [2.45, 2.75) is 31.8 Å². The van der Waals surface area contributed by atoms with Crippen LogP contribution in [0.5, 0.6) is 5.75 Å². The van der Waals surface area contributed by atoms with Gasteiger partial charge >= 0.3 is 0 Å². The zero-order valence-electron chi connectivity index (χ0n) is 13.6. The van der Waals surface area contributed by atoms with Crippen molar-refractivity contribution in [1.82, 2.24) is 10.2 Å². The van der Waals surface area contributed by atoms with Gasteiger partial charge in [0, 0.05) is 24.7 Å². The fraction of sp³-hybridized carbons (Fsp3) is 0.588. The molecule has 2 N–H and O–H groups in total. The summed E-state index contributed by atoms with van der Waals surface area (Å²) in [6.07, 6.45) is 2.75. The minimum absolute atomic E-state index is 0.0221. The second-order valence-corrected chi connectivity index (χ2v) is 6.32. The van der Waals surface area contributed by atoms with Gasteiger partial charge in [-0.2, -0.15) is 0 Å². The summed E-state index contributed by atoms with van der Waals surface area (Å²) in [6.45, 7) is 3.50. The van der Waals surface area contributed by atoms with Crippen molar-refractivity contribution >= 4 is 17.5 Å². The number of rotatable bonds is 7. The van der Waals surface area contributed by atoms with E-state index in [1.54, 1.807) is 19.2 Å². The molecule has 2 rings (SSSR count). The van der Waals surface area contributed by atoms with Crippen LogP contribution in [0.15, 0.2) is 18.2 Å². The van der Waals surface area contributed by atoms with Gasteiger partial charge in [0.2, 0.25) is 5.91 Å². The quantitative estimate of drug-likeness (QED) is 0.744. The van der Waals surface area contributed by atoms with Crippen LogP contribution in [0.2, 0.25) is 5.02 Å². The average Bonchev–Trinajstić information content (AvgIpc) is 2.55. The van der Waals surface area contributed by atoms with Gasteiger partial charge in [0.25, 0.3) is 0 Å². The molecule has 0 radical (unpaired) electrons. The fourth-order valence-electron chi connectivity index (χ4n) is 2.71. The number of benzene rings is 1. The third-order valence-corrected chi connectivity index (χ3v) is 4.49. The summed E-state index contributed by atoms with van der Waals surface area (Å²) >= 11 is 6.14. The maximum absolute atomic E-state index is 12.0. The largest absolute Gasteiger partial charge is 0.497 e. The highest BCUT2D eigenvalue weighted by Crippen LogP contribution is 2.22. The predicted octanol–water partition coefficient (Wildman–Crippen LogP) is 1.85. The van der Waals surface area contributed by atoms with Crippen LogP contribution in [0.3, 0.4) is 0 Å². The number of nitrogens with zero attached hydrogens (tertiary/aromatic N) is 1. The lowest BCUT2D eigenvalue weighted by Gasteiger charge is -2.29. The second kappa shape index (κ2) is 9.11. The van der Waals surface area contributed by atoms with E-state index in [0.29, 0.717) is 17.3 Å². The Kier molecular flexibility index (Phi) is 7.15. The number of carbonyl (C=O) groups excluding carboxylic acids is 1. The van der Waals surface area contributed by atoms with Gasteiger partial charge in [-0.15, -0.1) is 0 Å². The molecule has 1 aromatic carbocycles. The third kappa shape index (κ3) is 6.01. The van der Waals surface area contributed by atoms with Crippen LogP contribution in [-0.2, 0) is 11.2 Å². The van der Waals surface area contributed by atoms with Gasteiger partial charge in [0.1, 0.15) is 5.75 Å². The van der Waals surface area contributed by atoms with Gasteiger partial charge in [0.15, 0.2) is 0 Å². The topological polar surface area (TPSA) is 61.8 Å². The van der Waals surface area contributed by atoms with E-state index in [1.165, 1.54) is 0 Å². The smallest absolute Gasteiger partial charge is 0.224 e. The Hall–Kier alpha value is -1.30. The molecule has 0 aromatic heterocycles. The van der Waals surface area contributed by atoms with Crippen molar-refractivity contribution < 1.29 is 14.6 Å². The lowest BCUT2D eigenvalue weighted by Crippen LogP contribution is -2.37. The van der Waals surface area contributed by atoms with E-state index in [2.05, 4.69) is 10.2 Å². The Morgan fingerprint density at radius 3 is 2.83 bits per heavy atom. The summed E-state index contributed by atoms with van der Waals surface area (Å²) in [5, 5.41) is 12.9. The van der Waals surface area contributed by atoms with Gasteiger partial charge in [-0.1, -0.05) is 17.7 Å². The molecule has 0 bridgehead atoms. The van der Waals surface area contributed by atoms with E-state index in [-0.39, 0.29) is 18.4 Å². The van der Waals surface area contributed by atoms with E-state index < -0.39 is 0 Å². The number of nitrogens with one attached hydrogen (secondary N) is 1. The number of ether oxygens (including phenoxy) is 1. The molecule has 0 saturated carbocycles. The molecule has 1 amide bonds. The predicted molar refractivity (Wildman–Crippen MR) is 91.0 cm³/mol. The molecule has 1 aliphatic rings. The van der Waals surface area contributed by atoms with Crippen LogP contribution in [-0.4, -0.2) is 55.3 Å². The summed E-state index contributed by atoms with van der Waals surface area (Å²) in [4.78, 5) is 14.3. The van der Waals surface area contributed by atoms with Crippen LogP contribution < -0.4 is 10.1 Å². The Morgan fingerprint density at radius 1 is 1.43 bits per heavy atom. The van der Waals surface area contributed by atoms with Crippen molar-refractivity contribution in [1.29, 1.82) is 0 Å². The van der Waals surface area contributed by atoms with Crippen molar-refractivity contribution in [3.63, 3.8) is 0 Å².